The van der Waals surface area contributed by atoms with Crippen molar-refractivity contribution in [3.05, 3.63) is 77.6 Å². The molecule has 0 saturated heterocycles. The fourth-order valence-electron chi connectivity index (χ4n) is 3.38. The van der Waals surface area contributed by atoms with E-state index >= 15 is 0 Å². The van der Waals surface area contributed by atoms with E-state index in [0.29, 0.717) is 34.8 Å². The van der Waals surface area contributed by atoms with E-state index < -0.39 is 9.73 Å². The summed E-state index contributed by atoms with van der Waals surface area (Å²) in [6, 6.07) is 16.5. The number of carbonyl (C=O) groups excluding carboxylic acids is 1. The molecule has 7 heteroatoms. The second kappa shape index (κ2) is 7.33. The number of nitrogens with one attached hydrogen (secondary N) is 1. The van der Waals surface area contributed by atoms with Crippen LogP contribution in [0.2, 0.25) is 0 Å². The monoisotopic (exact) mass is 409 g/mol. The van der Waals surface area contributed by atoms with Gasteiger partial charge in [-0.15, -0.1) is 0 Å². The van der Waals surface area contributed by atoms with E-state index in [0.717, 1.165) is 16.7 Å². The topological polar surface area (TPSA) is 84.5 Å². The van der Waals surface area contributed by atoms with E-state index in [2.05, 4.69) is 9.68 Å². The molecule has 148 valence electrons. The molecule has 0 aliphatic carbocycles. The van der Waals surface area contributed by atoms with Gasteiger partial charge in [-0.05, 0) is 65.6 Å². The summed E-state index contributed by atoms with van der Waals surface area (Å²) in [6.45, 7) is 0.486. The number of benzene rings is 3. The standard InChI is InChI=1S/C22H20FN3O2S/c1-29(28)21-9-5-17(12-16(21)10-11-25-29)22(27)26-20-13-15(4-8-19(20)24)14-2-6-18(23)7-3-14/h2-9,12-13H,10-11,24H2,1H3,(H,26,27). The third kappa shape index (κ3) is 3.86. The lowest BCUT2D eigenvalue weighted by molar-refractivity contribution is 0.102. The molecule has 29 heavy (non-hydrogen) atoms. The molecule has 5 nitrogen and oxygen atoms in total. The number of hydrogen-bond donors (Lipinski definition) is 2. The Kier molecular flexibility index (Phi) is 4.84. The lowest BCUT2D eigenvalue weighted by Gasteiger charge is -2.17. The number of rotatable bonds is 3. The third-order valence-electron chi connectivity index (χ3n) is 4.93. The molecule has 0 spiro atoms. The highest BCUT2D eigenvalue weighted by Gasteiger charge is 2.19. The molecule has 0 bridgehead atoms. The van der Waals surface area contributed by atoms with Gasteiger partial charge in [0.2, 0.25) is 0 Å². The Balaban J connectivity index is 1.62. The largest absolute Gasteiger partial charge is 0.397 e. The summed E-state index contributed by atoms with van der Waals surface area (Å²) in [6.07, 6.45) is 2.27. The number of anilines is 2. The normalized spacial score (nSPS) is 17.9. The summed E-state index contributed by atoms with van der Waals surface area (Å²) in [7, 11) is -2.39. The first-order valence-electron chi connectivity index (χ1n) is 9.11. The Morgan fingerprint density at radius 1 is 1.07 bits per heavy atom. The van der Waals surface area contributed by atoms with Gasteiger partial charge >= 0.3 is 0 Å². The summed E-state index contributed by atoms with van der Waals surface area (Å²) < 4.78 is 29.9. The predicted octanol–water partition coefficient (Wildman–Crippen LogP) is 4.34. The number of halogens is 1. The van der Waals surface area contributed by atoms with Gasteiger partial charge in [-0.1, -0.05) is 18.2 Å². The third-order valence-corrected chi connectivity index (χ3v) is 6.82. The first kappa shape index (κ1) is 19.1. The van der Waals surface area contributed by atoms with Gasteiger partial charge in [0, 0.05) is 11.8 Å². The Labute approximate surface area is 168 Å². The van der Waals surface area contributed by atoms with E-state index in [1.165, 1.54) is 12.1 Å². The highest BCUT2D eigenvalue weighted by molar-refractivity contribution is 7.93. The van der Waals surface area contributed by atoms with Crippen LogP contribution in [-0.4, -0.2) is 22.9 Å². The van der Waals surface area contributed by atoms with Gasteiger partial charge in [-0.2, -0.15) is 0 Å². The summed E-state index contributed by atoms with van der Waals surface area (Å²) in [5.74, 6) is -0.616. The molecule has 0 saturated carbocycles. The zero-order valence-electron chi connectivity index (χ0n) is 15.8. The van der Waals surface area contributed by atoms with E-state index in [1.807, 2.05) is 6.07 Å². The van der Waals surface area contributed by atoms with Crippen LogP contribution in [0.4, 0.5) is 15.8 Å². The van der Waals surface area contributed by atoms with Crippen LogP contribution < -0.4 is 11.1 Å². The number of amides is 1. The molecule has 0 radical (unpaired) electrons. The van der Waals surface area contributed by atoms with Gasteiger partial charge < -0.3 is 11.1 Å². The zero-order valence-corrected chi connectivity index (χ0v) is 16.6. The maximum Gasteiger partial charge on any atom is 0.255 e. The smallest absolute Gasteiger partial charge is 0.255 e. The van der Waals surface area contributed by atoms with E-state index in [9.17, 15) is 13.4 Å². The van der Waals surface area contributed by atoms with Crippen molar-refractivity contribution >= 4 is 27.0 Å². The van der Waals surface area contributed by atoms with Crippen LogP contribution in [0.1, 0.15) is 15.9 Å². The van der Waals surface area contributed by atoms with Crippen molar-refractivity contribution in [3.63, 3.8) is 0 Å². The minimum atomic E-state index is -2.39. The molecule has 0 aromatic heterocycles. The number of nitrogens with two attached hydrogens (primary N) is 1. The Hall–Kier alpha value is -3.19. The fraction of sp³-hybridized carbons (Fsp3) is 0.136. The Morgan fingerprint density at radius 3 is 2.55 bits per heavy atom. The number of fused-ring (bicyclic) bond motifs is 1. The summed E-state index contributed by atoms with van der Waals surface area (Å²) in [4.78, 5) is 13.5. The SMILES string of the molecule is CS1(=O)=NCCc2cc(C(=O)Nc3cc(-c4ccc(F)cc4)ccc3N)ccc21. The van der Waals surface area contributed by atoms with Crippen LogP contribution in [0.15, 0.2) is 69.9 Å². The number of carbonyl (C=O) groups is 1. The van der Waals surface area contributed by atoms with Gasteiger partial charge in [0.25, 0.3) is 5.91 Å². The average molecular weight is 409 g/mol. The van der Waals surface area contributed by atoms with Crippen LogP contribution >= 0.6 is 0 Å². The van der Waals surface area contributed by atoms with Crippen molar-refractivity contribution in [2.45, 2.75) is 11.3 Å². The summed E-state index contributed by atoms with van der Waals surface area (Å²) in [5, 5.41) is 2.84. The van der Waals surface area contributed by atoms with Crippen molar-refractivity contribution in [1.82, 2.24) is 0 Å². The van der Waals surface area contributed by atoms with Crippen LogP contribution in [0.25, 0.3) is 11.1 Å². The molecule has 1 amide bonds. The molecule has 1 atom stereocenters. The van der Waals surface area contributed by atoms with Crippen molar-refractivity contribution < 1.29 is 13.4 Å². The lowest BCUT2D eigenvalue weighted by atomic mass is 10.0. The molecule has 0 fully saturated rings. The number of nitrogen functional groups attached to an aromatic ring is 1. The number of nitrogens with zero attached hydrogens (tertiary/aromatic N) is 1. The van der Waals surface area contributed by atoms with Crippen LogP contribution in [0.3, 0.4) is 0 Å². The van der Waals surface area contributed by atoms with Crippen molar-refractivity contribution in [2.24, 2.45) is 4.36 Å². The minimum Gasteiger partial charge on any atom is -0.397 e. The van der Waals surface area contributed by atoms with Gasteiger partial charge in [-0.25, -0.2) is 13.0 Å². The maximum absolute atomic E-state index is 13.2. The Morgan fingerprint density at radius 2 is 1.79 bits per heavy atom. The molecule has 1 aliphatic rings. The van der Waals surface area contributed by atoms with Crippen LogP contribution in [-0.2, 0) is 16.1 Å². The molecule has 1 heterocycles. The van der Waals surface area contributed by atoms with E-state index in [1.54, 1.807) is 48.7 Å². The van der Waals surface area contributed by atoms with Gasteiger partial charge in [0.15, 0.2) is 0 Å². The molecule has 1 aliphatic heterocycles. The molecule has 4 rings (SSSR count). The predicted molar refractivity (Wildman–Crippen MR) is 114 cm³/mol. The van der Waals surface area contributed by atoms with Gasteiger partial charge in [0.1, 0.15) is 5.82 Å². The van der Waals surface area contributed by atoms with E-state index in [-0.39, 0.29) is 11.7 Å². The lowest BCUT2D eigenvalue weighted by Crippen LogP contribution is -2.16. The van der Waals surface area contributed by atoms with Crippen molar-refractivity contribution in [3.8, 4) is 11.1 Å². The van der Waals surface area contributed by atoms with Gasteiger partial charge in [-0.3, -0.25) is 4.79 Å². The Bertz CT molecular complexity index is 1230. The second-order valence-corrected chi connectivity index (χ2v) is 9.29. The highest BCUT2D eigenvalue weighted by Crippen LogP contribution is 2.29. The second-order valence-electron chi connectivity index (χ2n) is 6.99. The zero-order chi connectivity index (χ0) is 20.6. The molecule has 3 aromatic carbocycles. The molecular weight excluding hydrogens is 389 g/mol. The number of hydrogen-bond acceptors (Lipinski definition) is 4. The highest BCUT2D eigenvalue weighted by atomic mass is 32.2. The molecule has 3 aromatic rings. The van der Waals surface area contributed by atoms with Gasteiger partial charge in [0.05, 0.1) is 32.5 Å². The van der Waals surface area contributed by atoms with Crippen LogP contribution in [0.5, 0.6) is 0 Å². The van der Waals surface area contributed by atoms with Crippen LogP contribution in [0, 0.1) is 5.82 Å². The molecule has 1 unspecified atom stereocenters. The molecular formula is C22H20FN3O2S. The first-order valence-corrected chi connectivity index (χ1v) is 11.0. The molecule has 3 N–H and O–H groups in total. The average Bonchev–Trinajstić information content (AvgIpc) is 2.70. The van der Waals surface area contributed by atoms with Crippen molar-refractivity contribution in [1.29, 1.82) is 0 Å². The minimum absolute atomic E-state index is 0.305. The first-order chi connectivity index (χ1) is 13.8. The summed E-state index contributed by atoms with van der Waals surface area (Å²) >= 11 is 0. The summed E-state index contributed by atoms with van der Waals surface area (Å²) in [5.41, 5.74) is 9.92. The maximum atomic E-state index is 13.2. The van der Waals surface area contributed by atoms with E-state index in [4.69, 9.17) is 5.73 Å². The fourth-order valence-corrected chi connectivity index (χ4v) is 4.92. The quantitative estimate of drug-likeness (QED) is 0.631. The van der Waals surface area contributed by atoms with Crippen molar-refractivity contribution in [2.75, 3.05) is 23.9 Å².